The van der Waals surface area contributed by atoms with Crippen LogP contribution in [0.1, 0.15) is 45.9 Å². The van der Waals surface area contributed by atoms with Gasteiger partial charge in [0.15, 0.2) is 10.4 Å². The van der Waals surface area contributed by atoms with E-state index in [1.807, 2.05) is 32.0 Å². The van der Waals surface area contributed by atoms with Crippen molar-refractivity contribution >= 4 is 29.2 Å². The summed E-state index contributed by atoms with van der Waals surface area (Å²) in [5.74, 6) is -0.253. The maximum absolute atomic E-state index is 12.7. The Morgan fingerprint density at radius 2 is 2.07 bits per heavy atom. The lowest BCUT2D eigenvalue weighted by molar-refractivity contribution is 0.0602. The Labute approximate surface area is 160 Å². The Morgan fingerprint density at radius 3 is 2.74 bits per heavy atom. The van der Waals surface area contributed by atoms with E-state index in [0.29, 0.717) is 11.6 Å². The van der Waals surface area contributed by atoms with Crippen LogP contribution < -0.4 is 5.56 Å². The van der Waals surface area contributed by atoms with Crippen molar-refractivity contribution in [1.82, 2.24) is 14.5 Å². The van der Waals surface area contributed by atoms with Gasteiger partial charge < -0.3 is 4.74 Å². The number of ether oxygens (including phenoxy) is 1. The van der Waals surface area contributed by atoms with E-state index in [4.69, 9.17) is 21.9 Å². The fourth-order valence-electron chi connectivity index (χ4n) is 3.31. The number of hydrogen-bond acceptors (Lipinski definition) is 5. The van der Waals surface area contributed by atoms with Gasteiger partial charge in [-0.2, -0.15) is 0 Å². The van der Waals surface area contributed by atoms with E-state index in [-0.39, 0.29) is 15.7 Å². The number of aromatic nitrogens is 3. The third-order valence-corrected chi connectivity index (χ3v) is 5.39. The van der Waals surface area contributed by atoms with Crippen LogP contribution in [-0.2, 0) is 4.74 Å². The standard InChI is InChI=1S/C20H19N3O3S/c1-10-5-4-6-15(11(10)2)23-17-16(18(24)22-20(23)27)13(19(25)26-3)9-14(21-17)12-7-8-12/h4-6,9,12H,7-8H2,1-3H3,(H,22,24,27). The predicted octanol–water partition coefficient (Wildman–Crippen LogP) is 3.72. The fraction of sp³-hybridized carbons (Fsp3) is 0.300. The number of rotatable bonds is 3. The summed E-state index contributed by atoms with van der Waals surface area (Å²) in [6.45, 7) is 4.01. The predicted molar refractivity (Wildman–Crippen MR) is 105 cm³/mol. The number of fused-ring (bicyclic) bond motifs is 1. The highest BCUT2D eigenvalue weighted by atomic mass is 32.1. The quantitative estimate of drug-likeness (QED) is 0.553. The number of nitrogens with zero attached hydrogens (tertiary/aromatic N) is 2. The normalized spacial score (nSPS) is 13.7. The summed E-state index contributed by atoms with van der Waals surface area (Å²) in [7, 11) is 1.31. The summed E-state index contributed by atoms with van der Waals surface area (Å²) in [6.07, 6.45) is 2.04. The lowest BCUT2D eigenvalue weighted by Gasteiger charge is -2.16. The summed E-state index contributed by atoms with van der Waals surface area (Å²) in [6, 6.07) is 7.55. The van der Waals surface area contributed by atoms with Crippen molar-refractivity contribution in [2.75, 3.05) is 7.11 Å². The molecule has 1 saturated carbocycles. The van der Waals surface area contributed by atoms with Gasteiger partial charge in [0, 0.05) is 11.6 Å². The van der Waals surface area contributed by atoms with Gasteiger partial charge in [-0.25, -0.2) is 9.78 Å². The van der Waals surface area contributed by atoms with Crippen LogP contribution in [0.4, 0.5) is 0 Å². The lowest BCUT2D eigenvalue weighted by atomic mass is 10.1. The summed E-state index contributed by atoms with van der Waals surface area (Å²) >= 11 is 5.47. The van der Waals surface area contributed by atoms with Crippen molar-refractivity contribution in [1.29, 1.82) is 0 Å². The van der Waals surface area contributed by atoms with Gasteiger partial charge in [0.25, 0.3) is 5.56 Å². The van der Waals surface area contributed by atoms with Gasteiger partial charge in [0.1, 0.15) is 0 Å². The zero-order chi connectivity index (χ0) is 19.3. The Balaban J connectivity index is 2.18. The molecule has 0 bridgehead atoms. The first-order chi connectivity index (χ1) is 12.9. The molecule has 0 atom stereocenters. The van der Waals surface area contributed by atoms with E-state index in [1.165, 1.54) is 7.11 Å². The van der Waals surface area contributed by atoms with Crippen LogP contribution >= 0.6 is 12.2 Å². The minimum atomic E-state index is -0.556. The number of hydrogen-bond donors (Lipinski definition) is 1. The number of esters is 1. The molecular formula is C20H19N3O3S. The molecule has 7 heteroatoms. The van der Waals surface area contributed by atoms with Crippen LogP contribution in [0, 0.1) is 18.6 Å². The Bertz CT molecular complexity index is 1210. The molecule has 27 heavy (non-hydrogen) atoms. The molecule has 1 aromatic carbocycles. The number of methoxy groups -OCH3 is 1. The molecule has 2 heterocycles. The van der Waals surface area contributed by atoms with E-state index in [2.05, 4.69) is 4.98 Å². The van der Waals surface area contributed by atoms with Crippen molar-refractivity contribution in [3.05, 3.63) is 61.8 Å². The fourth-order valence-corrected chi connectivity index (χ4v) is 3.59. The molecule has 0 amide bonds. The molecular weight excluding hydrogens is 362 g/mol. The Morgan fingerprint density at radius 1 is 1.33 bits per heavy atom. The first kappa shape index (κ1) is 17.6. The maximum Gasteiger partial charge on any atom is 0.338 e. The van der Waals surface area contributed by atoms with Gasteiger partial charge >= 0.3 is 5.97 Å². The molecule has 2 aromatic heterocycles. The van der Waals surface area contributed by atoms with E-state index in [1.54, 1.807) is 10.6 Å². The second-order valence-electron chi connectivity index (χ2n) is 6.87. The molecule has 0 saturated heterocycles. The summed E-state index contributed by atoms with van der Waals surface area (Å²) in [5.41, 5.74) is 3.92. The van der Waals surface area contributed by atoms with Crippen molar-refractivity contribution in [3.8, 4) is 5.69 Å². The third kappa shape index (κ3) is 2.88. The molecule has 0 radical (unpaired) electrons. The number of pyridine rings is 1. The lowest BCUT2D eigenvalue weighted by Crippen LogP contribution is -2.20. The molecule has 0 aliphatic heterocycles. The molecule has 3 aromatic rings. The smallest absolute Gasteiger partial charge is 0.338 e. The minimum Gasteiger partial charge on any atom is -0.465 e. The number of carbonyl (C=O) groups is 1. The van der Waals surface area contributed by atoms with Gasteiger partial charge in [-0.3, -0.25) is 14.3 Å². The number of H-pyrrole nitrogens is 1. The number of benzene rings is 1. The number of carbonyl (C=O) groups excluding carboxylic acids is 1. The molecule has 6 nitrogen and oxygen atoms in total. The summed E-state index contributed by atoms with van der Waals surface area (Å²) < 4.78 is 6.91. The van der Waals surface area contributed by atoms with Gasteiger partial charge in [-0.1, -0.05) is 12.1 Å². The number of aryl methyl sites for hydroxylation is 1. The number of nitrogens with one attached hydrogen (secondary N) is 1. The highest BCUT2D eigenvalue weighted by molar-refractivity contribution is 7.71. The van der Waals surface area contributed by atoms with Gasteiger partial charge in [0.2, 0.25) is 0 Å². The van der Waals surface area contributed by atoms with E-state index >= 15 is 0 Å². The van der Waals surface area contributed by atoms with Crippen molar-refractivity contribution in [2.45, 2.75) is 32.6 Å². The Hall–Kier alpha value is -2.80. The molecule has 0 unspecified atom stereocenters. The molecule has 0 spiro atoms. The van der Waals surface area contributed by atoms with Gasteiger partial charge in [-0.15, -0.1) is 0 Å². The van der Waals surface area contributed by atoms with Crippen LogP contribution in [0.25, 0.3) is 16.7 Å². The van der Waals surface area contributed by atoms with Crippen LogP contribution in [0.5, 0.6) is 0 Å². The average molecular weight is 381 g/mol. The highest BCUT2D eigenvalue weighted by Gasteiger charge is 2.29. The number of aromatic amines is 1. The molecule has 1 fully saturated rings. The SMILES string of the molecule is COC(=O)c1cc(C2CC2)nc2c1c(=O)[nH]c(=S)n2-c1cccc(C)c1C. The van der Waals surface area contributed by atoms with Crippen molar-refractivity contribution in [3.63, 3.8) is 0 Å². The second-order valence-corrected chi connectivity index (χ2v) is 7.26. The molecule has 1 N–H and O–H groups in total. The van der Waals surface area contributed by atoms with Crippen molar-refractivity contribution < 1.29 is 9.53 Å². The average Bonchev–Trinajstić information content (AvgIpc) is 3.48. The van der Waals surface area contributed by atoms with Crippen LogP contribution in [0.15, 0.2) is 29.1 Å². The van der Waals surface area contributed by atoms with Crippen LogP contribution in [0.3, 0.4) is 0 Å². The monoisotopic (exact) mass is 381 g/mol. The highest BCUT2D eigenvalue weighted by Crippen LogP contribution is 2.40. The second kappa shape index (κ2) is 6.42. The maximum atomic E-state index is 12.7. The van der Waals surface area contributed by atoms with E-state index in [0.717, 1.165) is 35.3 Å². The zero-order valence-corrected chi connectivity index (χ0v) is 16.1. The Kier molecular flexibility index (Phi) is 4.19. The van der Waals surface area contributed by atoms with E-state index in [9.17, 15) is 9.59 Å². The minimum absolute atomic E-state index is 0.195. The zero-order valence-electron chi connectivity index (χ0n) is 15.3. The van der Waals surface area contributed by atoms with Crippen molar-refractivity contribution in [2.24, 2.45) is 0 Å². The van der Waals surface area contributed by atoms with Crippen LogP contribution in [-0.4, -0.2) is 27.6 Å². The molecule has 1 aliphatic carbocycles. The first-order valence-electron chi connectivity index (χ1n) is 8.77. The molecule has 1 aliphatic rings. The molecule has 138 valence electrons. The first-order valence-corrected chi connectivity index (χ1v) is 9.18. The van der Waals surface area contributed by atoms with Gasteiger partial charge in [0.05, 0.1) is 23.7 Å². The summed E-state index contributed by atoms with van der Waals surface area (Å²) in [5, 5.41) is 0.195. The van der Waals surface area contributed by atoms with Gasteiger partial charge in [-0.05, 0) is 62.2 Å². The van der Waals surface area contributed by atoms with Crippen LogP contribution in [0.2, 0.25) is 0 Å². The van der Waals surface area contributed by atoms with E-state index < -0.39 is 11.5 Å². The third-order valence-electron chi connectivity index (χ3n) is 5.10. The topological polar surface area (TPSA) is 77.0 Å². The molecule has 4 rings (SSSR count). The largest absolute Gasteiger partial charge is 0.465 e. The summed E-state index contributed by atoms with van der Waals surface area (Å²) in [4.78, 5) is 32.5.